The maximum absolute atomic E-state index is 6.06. The third kappa shape index (κ3) is 4.20. The lowest BCUT2D eigenvalue weighted by Gasteiger charge is -2.31. The third-order valence-corrected chi connectivity index (χ3v) is 5.74. The highest BCUT2D eigenvalue weighted by Crippen LogP contribution is 2.38. The second kappa shape index (κ2) is 8.32. The lowest BCUT2D eigenvalue weighted by Crippen LogP contribution is -2.28. The molecule has 0 bridgehead atoms. The minimum atomic E-state index is 0.00454. The number of halogens is 1. The second-order valence-electron chi connectivity index (χ2n) is 7.58. The summed E-state index contributed by atoms with van der Waals surface area (Å²) in [6, 6.07) is 26.2. The fraction of sp³-hybridized carbons (Fsp3) is 0.167. The van der Waals surface area contributed by atoms with E-state index in [0.717, 1.165) is 33.9 Å². The van der Waals surface area contributed by atoms with Gasteiger partial charge in [0.25, 0.3) is 0 Å². The predicted octanol–water partition coefficient (Wildman–Crippen LogP) is 5.24. The van der Waals surface area contributed by atoms with Crippen LogP contribution in [0.1, 0.15) is 35.2 Å². The molecule has 0 unspecified atom stereocenters. The highest BCUT2D eigenvalue weighted by Gasteiger charge is 2.30. The van der Waals surface area contributed by atoms with Crippen LogP contribution in [-0.4, -0.2) is 14.8 Å². The number of fused-ring (bicyclic) bond motifs is 1. The van der Waals surface area contributed by atoms with Crippen LogP contribution >= 0.6 is 11.6 Å². The second-order valence-corrected chi connectivity index (χ2v) is 8.02. The van der Waals surface area contributed by atoms with Crippen LogP contribution < -0.4 is 15.8 Å². The third-order valence-electron chi connectivity index (χ3n) is 5.49. The number of aromatic nitrogens is 3. The molecule has 5 rings (SSSR count). The minimum Gasteiger partial charge on any atom is -0.489 e. The Labute approximate surface area is 185 Å². The van der Waals surface area contributed by atoms with Crippen LogP contribution in [0.5, 0.6) is 5.75 Å². The molecule has 7 heteroatoms. The zero-order valence-corrected chi connectivity index (χ0v) is 17.5. The van der Waals surface area contributed by atoms with E-state index in [1.807, 2.05) is 59.3 Å². The van der Waals surface area contributed by atoms with Crippen LogP contribution in [0.2, 0.25) is 5.02 Å². The normalized spacial score (nSPS) is 17.6. The van der Waals surface area contributed by atoms with Crippen LogP contribution in [-0.2, 0) is 6.61 Å². The number of hydrogen-bond acceptors (Lipinski definition) is 5. The van der Waals surface area contributed by atoms with Crippen molar-refractivity contribution >= 4 is 23.5 Å². The molecule has 156 valence electrons. The summed E-state index contributed by atoms with van der Waals surface area (Å²) in [6.45, 7) is 0.538. The van der Waals surface area contributed by atoms with Gasteiger partial charge in [-0.3, -0.25) is 0 Å². The van der Waals surface area contributed by atoms with Gasteiger partial charge in [-0.05, 0) is 47.4 Å². The van der Waals surface area contributed by atoms with Crippen molar-refractivity contribution in [1.82, 2.24) is 14.8 Å². The Morgan fingerprint density at radius 3 is 2.42 bits per heavy atom. The molecule has 0 aliphatic carbocycles. The maximum Gasteiger partial charge on any atom is 0.241 e. The van der Waals surface area contributed by atoms with Gasteiger partial charge in [0.1, 0.15) is 12.4 Å². The average molecular weight is 432 g/mol. The van der Waals surface area contributed by atoms with Crippen LogP contribution in [0.25, 0.3) is 0 Å². The molecule has 31 heavy (non-hydrogen) atoms. The molecular formula is C24H22ClN5O. The van der Waals surface area contributed by atoms with Gasteiger partial charge in [0, 0.05) is 5.02 Å². The average Bonchev–Trinajstić information content (AvgIpc) is 3.19. The monoisotopic (exact) mass is 431 g/mol. The van der Waals surface area contributed by atoms with E-state index in [4.69, 9.17) is 22.1 Å². The zero-order chi connectivity index (χ0) is 21.2. The first kappa shape index (κ1) is 19.5. The molecule has 3 aromatic carbocycles. The van der Waals surface area contributed by atoms with E-state index in [9.17, 15) is 0 Å². The van der Waals surface area contributed by atoms with Gasteiger partial charge >= 0.3 is 0 Å². The van der Waals surface area contributed by atoms with Gasteiger partial charge < -0.3 is 15.8 Å². The summed E-state index contributed by atoms with van der Waals surface area (Å²) in [5.41, 5.74) is 9.31. The molecule has 0 radical (unpaired) electrons. The number of nitrogen functional groups attached to an aromatic ring is 1. The molecule has 2 atom stereocenters. The van der Waals surface area contributed by atoms with E-state index >= 15 is 0 Å². The molecule has 0 fully saturated rings. The summed E-state index contributed by atoms with van der Waals surface area (Å²) in [6.07, 6.45) is 0.807. The Morgan fingerprint density at radius 2 is 1.68 bits per heavy atom. The van der Waals surface area contributed by atoms with Gasteiger partial charge in [0.05, 0.1) is 12.1 Å². The molecule has 6 nitrogen and oxygen atoms in total. The largest absolute Gasteiger partial charge is 0.489 e. The lowest BCUT2D eigenvalue weighted by atomic mass is 9.93. The SMILES string of the molecule is Nc1nc2n(n1)[C@@H](c1ccc(OCc3ccccc3)cc1)C[C@H](c1ccc(Cl)cc1)N2. The molecular weight excluding hydrogens is 410 g/mol. The minimum absolute atomic E-state index is 0.00454. The molecule has 3 N–H and O–H groups in total. The first-order valence-corrected chi connectivity index (χ1v) is 10.5. The summed E-state index contributed by atoms with van der Waals surface area (Å²) >= 11 is 6.06. The zero-order valence-electron chi connectivity index (χ0n) is 16.8. The van der Waals surface area contributed by atoms with E-state index < -0.39 is 0 Å². The number of nitrogens with one attached hydrogen (secondary N) is 1. The van der Waals surface area contributed by atoms with Gasteiger partial charge in [0.2, 0.25) is 11.9 Å². The van der Waals surface area contributed by atoms with Crippen LogP contribution in [0.15, 0.2) is 78.9 Å². The van der Waals surface area contributed by atoms with Crippen LogP contribution in [0, 0.1) is 0 Å². The Hall–Kier alpha value is -3.51. The van der Waals surface area contributed by atoms with Crippen molar-refractivity contribution in [2.24, 2.45) is 0 Å². The van der Waals surface area contributed by atoms with E-state index in [1.165, 1.54) is 0 Å². The first-order valence-electron chi connectivity index (χ1n) is 10.2. The molecule has 0 saturated carbocycles. The quantitative estimate of drug-likeness (QED) is 0.452. The number of anilines is 2. The van der Waals surface area contributed by atoms with Gasteiger partial charge in [0.15, 0.2) is 0 Å². The molecule has 1 aromatic heterocycles. The number of nitrogens with zero attached hydrogens (tertiary/aromatic N) is 3. The van der Waals surface area contributed by atoms with Gasteiger partial charge in [-0.2, -0.15) is 4.98 Å². The Morgan fingerprint density at radius 1 is 0.968 bits per heavy atom. The van der Waals surface area contributed by atoms with Crippen molar-refractivity contribution in [2.75, 3.05) is 11.1 Å². The summed E-state index contributed by atoms with van der Waals surface area (Å²) < 4.78 is 7.79. The topological polar surface area (TPSA) is 78.0 Å². The predicted molar refractivity (Wildman–Crippen MR) is 122 cm³/mol. The van der Waals surface area contributed by atoms with E-state index in [-0.39, 0.29) is 18.0 Å². The highest BCUT2D eigenvalue weighted by atomic mass is 35.5. The molecule has 1 aliphatic heterocycles. The molecule has 0 saturated heterocycles. The van der Waals surface area contributed by atoms with E-state index in [0.29, 0.717) is 12.6 Å². The van der Waals surface area contributed by atoms with Gasteiger partial charge in [-0.1, -0.05) is 66.2 Å². The number of ether oxygens (including phenoxy) is 1. The highest BCUT2D eigenvalue weighted by molar-refractivity contribution is 6.30. The number of benzene rings is 3. The fourth-order valence-electron chi connectivity index (χ4n) is 3.91. The van der Waals surface area contributed by atoms with Crippen molar-refractivity contribution in [3.05, 3.63) is 101 Å². The first-order chi connectivity index (χ1) is 15.2. The number of rotatable bonds is 5. The molecule has 2 heterocycles. The molecule has 4 aromatic rings. The fourth-order valence-corrected chi connectivity index (χ4v) is 4.04. The number of nitrogens with two attached hydrogens (primary N) is 1. The smallest absolute Gasteiger partial charge is 0.241 e. The molecule has 1 aliphatic rings. The van der Waals surface area contributed by atoms with E-state index in [2.05, 4.69) is 39.7 Å². The van der Waals surface area contributed by atoms with Crippen molar-refractivity contribution in [3.63, 3.8) is 0 Å². The van der Waals surface area contributed by atoms with Crippen molar-refractivity contribution in [1.29, 1.82) is 0 Å². The summed E-state index contributed by atoms with van der Waals surface area (Å²) in [5.74, 6) is 1.75. The van der Waals surface area contributed by atoms with Crippen molar-refractivity contribution in [3.8, 4) is 5.75 Å². The van der Waals surface area contributed by atoms with Gasteiger partial charge in [-0.15, -0.1) is 5.10 Å². The standard InChI is InChI=1S/C24H22ClN5O/c25-19-10-6-17(7-11-19)21-14-22(30-24(27-21)28-23(26)29-30)18-8-12-20(13-9-18)31-15-16-4-2-1-3-5-16/h1-13,21-22H,14-15H2,(H3,26,27,28,29)/t21-,22-/m1/s1. The Kier molecular flexibility index (Phi) is 5.22. The van der Waals surface area contributed by atoms with E-state index in [1.54, 1.807) is 0 Å². The van der Waals surface area contributed by atoms with Crippen LogP contribution in [0.4, 0.5) is 11.9 Å². The van der Waals surface area contributed by atoms with Gasteiger partial charge in [-0.25, -0.2) is 4.68 Å². The summed E-state index contributed by atoms with van der Waals surface area (Å²) in [5, 5.41) is 8.58. The Bertz CT molecular complexity index is 1160. The number of hydrogen-bond donors (Lipinski definition) is 2. The molecule has 0 spiro atoms. The summed E-state index contributed by atoms with van der Waals surface area (Å²) in [4.78, 5) is 4.37. The summed E-state index contributed by atoms with van der Waals surface area (Å²) in [7, 11) is 0. The van der Waals surface area contributed by atoms with Crippen molar-refractivity contribution < 1.29 is 4.74 Å². The molecule has 0 amide bonds. The Balaban J connectivity index is 1.38. The lowest BCUT2D eigenvalue weighted by molar-refractivity contribution is 0.306. The van der Waals surface area contributed by atoms with Crippen LogP contribution in [0.3, 0.4) is 0 Å². The maximum atomic E-state index is 6.06. The van der Waals surface area contributed by atoms with Crippen molar-refractivity contribution in [2.45, 2.75) is 25.1 Å².